The van der Waals surface area contributed by atoms with E-state index in [2.05, 4.69) is 46.4 Å². The molecule has 2 unspecified atom stereocenters. The SMILES string of the molecule is COC(=O)c1cc(C)nc(N2CC(SC(c3ccccc3)(c3ccccc3)c3ccccc3)CC2COCc2cc(F)c(F)cc2F)n1. The molecular formula is C38H34F3N3O3S. The Morgan fingerprint density at radius 1 is 0.833 bits per heavy atom. The Morgan fingerprint density at radius 2 is 1.40 bits per heavy atom. The van der Waals surface area contributed by atoms with E-state index in [0.717, 1.165) is 22.8 Å². The number of rotatable bonds is 11. The lowest BCUT2D eigenvalue weighted by molar-refractivity contribution is 0.0593. The lowest BCUT2D eigenvalue weighted by Crippen LogP contribution is -2.35. The fourth-order valence-electron chi connectivity index (χ4n) is 6.20. The summed E-state index contributed by atoms with van der Waals surface area (Å²) in [6.07, 6.45) is 0.629. The summed E-state index contributed by atoms with van der Waals surface area (Å²) >= 11 is 1.82. The highest BCUT2D eigenvalue weighted by atomic mass is 32.2. The van der Waals surface area contributed by atoms with Crippen LogP contribution >= 0.6 is 11.8 Å². The summed E-state index contributed by atoms with van der Waals surface area (Å²) in [6, 6.07) is 33.7. The van der Waals surface area contributed by atoms with E-state index in [0.29, 0.717) is 30.7 Å². The Morgan fingerprint density at radius 3 is 1.96 bits per heavy atom. The average Bonchev–Trinajstić information content (AvgIpc) is 3.52. The van der Waals surface area contributed by atoms with Crippen LogP contribution in [-0.4, -0.2) is 47.5 Å². The van der Waals surface area contributed by atoms with Crippen LogP contribution in [0, 0.1) is 24.4 Å². The molecule has 2 heterocycles. The summed E-state index contributed by atoms with van der Waals surface area (Å²) in [5.41, 5.74) is 3.99. The van der Waals surface area contributed by atoms with E-state index < -0.39 is 28.2 Å². The van der Waals surface area contributed by atoms with Gasteiger partial charge in [0.25, 0.3) is 0 Å². The number of nitrogens with zero attached hydrogens (tertiary/aromatic N) is 3. The van der Waals surface area contributed by atoms with Gasteiger partial charge in [0.05, 0.1) is 31.1 Å². The fraction of sp³-hybridized carbons (Fsp3) is 0.237. The molecule has 0 bridgehead atoms. The molecule has 4 aromatic carbocycles. The maximum absolute atomic E-state index is 14.4. The summed E-state index contributed by atoms with van der Waals surface area (Å²) in [6.45, 7) is 2.16. The molecule has 2 atom stereocenters. The van der Waals surface area contributed by atoms with Crippen LogP contribution in [-0.2, 0) is 20.8 Å². The van der Waals surface area contributed by atoms with Gasteiger partial charge in [-0.05, 0) is 42.2 Å². The minimum atomic E-state index is -1.25. The summed E-state index contributed by atoms with van der Waals surface area (Å²) < 4.78 is 52.2. The van der Waals surface area contributed by atoms with Gasteiger partial charge in [0.15, 0.2) is 17.3 Å². The van der Waals surface area contributed by atoms with Crippen molar-refractivity contribution in [1.82, 2.24) is 9.97 Å². The molecular weight excluding hydrogens is 635 g/mol. The standard InChI is InChI=1S/C38H34F3N3O3S/c1-25-18-35(36(45)46-2)43-37(42-25)44-22-31(20-30(44)24-47-23-26-19-33(40)34(41)21-32(26)39)48-38(27-12-6-3-7-13-27,28-14-8-4-9-15-28)29-16-10-5-11-17-29/h3-19,21,30-31H,20,22-24H2,1-2H3. The molecule has 10 heteroatoms. The second-order valence-corrected chi connectivity index (χ2v) is 13.1. The third-order valence-corrected chi connectivity index (χ3v) is 10.1. The van der Waals surface area contributed by atoms with Crippen molar-refractivity contribution in [3.05, 3.63) is 160 Å². The van der Waals surface area contributed by atoms with Crippen molar-refractivity contribution in [2.24, 2.45) is 0 Å². The molecule has 0 saturated carbocycles. The van der Waals surface area contributed by atoms with Crippen LogP contribution < -0.4 is 4.90 Å². The van der Waals surface area contributed by atoms with E-state index in [1.807, 2.05) is 71.3 Å². The molecule has 48 heavy (non-hydrogen) atoms. The van der Waals surface area contributed by atoms with E-state index in [1.54, 1.807) is 13.0 Å². The summed E-state index contributed by atoms with van der Waals surface area (Å²) in [4.78, 5) is 23.7. The van der Waals surface area contributed by atoms with Crippen molar-refractivity contribution in [1.29, 1.82) is 0 Å². The first kappa shape index (κ1) is 33.2. The fourth-order valence-corrected chi connectivity index (χ4v) is 8.07. The second kappa shape index (κ2) is 14.6. The Kier molecular flexibility index (Phi) is 10.1. The number of carbonyl (C=O) groups excluding carboxylic acids is 1. The molecule has 0 aliphatic carbocycles. The van der Waals surface area contributed by atoms with Gasteiger partial charge in [-0.25, -0.2) is 27.9 Å². The van der Waals surface area contributed by atoms with Crippen LogP contribution in [0.1, 0.15) is 44.9 Å². The largest absolute Gasteiger partial charge is 0.464 e. The van der Waals surface area contributed by atoms with Gasteiger partial charge in [-0.15, -0.1) is 11.8 Å². The molecule has 1 saturated heterocycles. The van der Waals surface area contributed by atoms with Gasteiger partial charge >= 0.3 is 5.97 Å². The Hall–Kier alpha value is -4.67. The van der Waals surface area contributed by atoms with Gasteiger partial charge in [0.2, 0.25) is 5.95 Å². The lowest BCUT2D eigenvalue weighted by Gasteiger charge is -2.37. The number of benzene rings is 4. The van der Waals surface area contributed by atoms with Crippen molar-refractivity contribution in [2.45, 2.75) is 36.0 Å². The number of aryl methyl sites for hydroxylation is 1. The number of methoxy groups -OCH3 is 1. The number of ether oxygens (including phenoxy) is 2. The number of aromatic nitrogens is 2. The first-order valence-electron chi connectivity index (χ1n) is 15.5. The highest BCUT2D eigenvalue weighted by molar-refractivity contribution is 8.01. The summed E-state index contributed by atoms with van der Waals surface area (Å²) in [5.74, 6) is -3.51. The Bertz CT molecular complexity index is 1770. The van der Waals surface area contributed by atoms with Crippen LogP contribution in [0.15, 0.2) is 109 Å². The third-order valence-electron chi connectivity index (χ3n) is 8.41. The van der Waals surface area contributed by atoms with Gasteiger partial charge in [-0.1, -0.05) is 91.0 Å². The summed E-state index contributed by atoms with van der Waals surface area (Å²) in [7, 11) is 1.30. The van der Waals surface area contributed by atoms with Crippen molar-refractivity contribution >= 4 is 23.7 Å². The lowest BCUT2D eigenvalue weighted by atomic mass is 9.84. The molecule has 6 rings (SSSR count). The van der Waals surface area contributed by atoms with Crippen LogP contribution in [0.25, 0.3) is 0 Å². The minimum Gasteiger partial charge on any atom is -0.464 e. The molecule has 1 aliphatic heterocycles. The van der Waals surface area contributed by atoms with Gasteiger partial charge in [0.1, 0.15) is 5.82 Å². The normalized spacial score (nSPS) is 16.2. The topological polar surface area (TPSA) is 64.5 Å². The average molecular weight is 670 g/mol. The van der Waals surface area contributed by atoms with Gasteiger partial charge in [0, 0.05) is 29.1 Å². The molecule has 1 fully saturated rings. The molecule has 5 aromatic rings. The van der Waals surface area contributed by atoms with E-state index in [4.69, 9.17) is 9.47 Å². The first-order chi connectivity index (χ1) is 23.3. The molecule has 6 nitrogen and oxygen atoms in total. The van der Waals surface area contributed by atoms with E-state index in [9.17, 15) is 18.0 Å². The zero-order chi connectivity index (χ0) is 33.7. The molecule has 0 amide bonds. The number of hydrogen-bond donors (Lipinski definition) is 0. The quantitative estimate of drug-likeness (QED) is 0.0806. The monoisotopic (exact) mass is 669 g/mol. The van der Waals surface area contributed by atoms with Crippen LogP contribution in [0.3, 0.4) is 0 Å². The number of halogens is 3. The maximum atomic E-state index is 14.4. The number of hydrogen-bond acceptors (Lipinski definition) is 7. The highest BCUT2D eigenvalue weighted by Gasteiger charge is 2.44. The van der Waals surface area contributed by atoms with Crippen molar-refractivity contribution in [3.8, 4) is 0 Å². The van der Waals surface area contributed by atoms with Crippen molar-refractivity contribution in [2.75, 3.05) is 25.2 Å². The first-order valence-corrected chi connectivity index (χ1v) is 16.4. The number of thioether (sulfide) groups is 1. The predicted molar refractivity (Wildman–Crippen MR) is 180 cm³/mol. The second-order valence-electron chi connectivity index (χ2n) is 11.6. The number of esters is 1. The zero-order valence-corrected chi connectivity index (χ0v) is 27.3. The van der Waals surface area contributed by atoms with Gasteiger partial charge in [-0.2, -0.15) is 0 Å². The molecule has 0 spiro atoms. The van der Waals surface area contributed by atoms with E-state index in [1.165, 1.54) is 7.11 Å². The molecule has 1 aliphatic rings. The smallest absolute Gasteiger partial charge is 0.356 e. The maximum Gasteiger partial charge on any atom is 0.356 e. The van der Waals surface area contributed by atoms with Crippen LogP contribution in [0.4, 0.5) is 19.1 Å². The number of anilines is 1. The highest BCUT2D eigenvalue weighted by Crippen LogP contribution is 2.52. The van der Waals surface area contributed by atoms with Gasteiger partial charge in [-0.3, -0.25) is 0 Å². The minimum absolute atomic E-state index is 0.00455. The molecule has 0 N–H and O–H groups in total. The van der Waals surface area contributed by atoms with Crippen molar-refractivity contribution < 1.29 is 27.4 Å². The predicted octanol–water partition coefficient (Wildman–Crippen LogP) is 7.88. The van der Waals surface area contributed by atoms with E-state index in [-0.39, 0.29) is 35.8 Å². The molecule has 0 radical (unpaired) electrons. The zero-order valence-electron chi connectivity index (χ0n) is 26.5. The van der Waals surface area contributed by atoms with Crippen LogP contribution in [0.5, 0.6) is 0 Å². The van der Waals surface area contributed by atoms with Crippen molar-refractivity contribution in [3.63, 3.8) is 0 Å². The van der Waals surface area contributed by atoms with Gasteiger partial charge < -0.3 is 14.4 Å². The molecule has 1 aromatic heterocycles. The number of carbonyl (C=O) groups is 1. The van der Waals surface area contributed by atoms with Crippen LogP contribution in [0.2, 0.25) is 0 Å². The Labute approximate surface area is 282 Å². The van der Waals surface area contributed by atoms with E-state index >= 15 is 0 Å². The Balaban J connectivity index is 1.37. The summed E-state index contributed by atoms with van der Waals surface area (Å²) in [5, 5.41) is 0.00455. The third kappa shape index (κ3) is 6.95. The molecule has 246 valence electrons.